The van der Waals surface area contributed by atoms with Crippen LogP contribution in [0.3, 0.4) is 0 Å². The maximum Gasteiger partial charge on any atom is 0.226 e. The van der Waals surface area contributed by atoms with Gasteiger partial charge in [-0.15, -0.1) is 11.3 Å². The van der Waals surface area contributed by atoms with E-state index in [4.69, 9.17) is 9.47 Å². The van der Waals surface area contributed by atoms with Crippen LogP contribution in [0.1, 0.15) is 29.8 Å². The maximum atomic E-state index is 12.3. The summed E-state index contributed by atoms with van der Waals surface area (Å²) in [4.78, 5) is 16.9. The largest absolute Gasteiger partial charge is 0.497 e. The van der Waals surface area contributed by atoms with Crippen LogP contribution >= 0.6 is 23.1 Å². The van der Waals surface area contributed by atoms with E-state index in [0.717, 1.165) is 38.4 Å². The van der Waals surface area contributed by atoms with Gasteiger partial charge in [-0.2, -0.15) is 0 Å². The second kappa shape index (κ2) is 10.3. The van der Waals surface area contributed by atoms with E-state index in [1.54, 1.807) is 37.3 Å². The lowest BCUT2D eigenvalue weighted by molar-refractivity contribution is -0.121. The molecule has 1 amide bonds. The van der Waals surface area contributed by atoms with Gasteiger partial charge >= 0.3 is 0 Å². The number of nitrogens with zero attached hydrogens (tertiary/aromatic N) is 1. The fraction of sp³-hybridized carbons (Fsp3) is 0.273. The lowest BCUT2D eigenvalue weighted by atomic mass is 10.1. The number of thiazole rings is 1. The van der Waals surface area contributed by atoms with E-state index < -0.39 is 0 Å². The van der Waals surface area contributed by atoms with Gasteiger partial charge in [-0.3, -0.25) is 4.79 Å². The van der Waals surface area contributed by atoms with Crippen LogP contribution in [0.2, 0.25) is 0 Å². The van der Waals surface area contributed by atoms with Crippen molar-refractivity contribution in [1.82, 2.24) is 10.3 Å². The molecule has 0 aliphatic rings. The van der Waals surface area contributed by atoms with E-state index in [0.29, 0.717) is 0 Å². The highest BCUT2D eigenvalue weighted by molar-refractivity contribution is 8.00. The number of methoxy groups -OCH3 is 2. The number of ether oxygens (including phenoxy) is 2. The van der Waals surface area contributed by atoms with Crippen molar-refractivity contribution in [1.29, 1.82) is 0 Å². The number of hydrogen-bond donors (Lipinski definition) is 1. The first-order valence-corrected chi connectivity index (χ1v) is 11.1. The van der Waals surface area contributed by atoms with Gasteiger partial charge in [-0.05, 0) is 30.2 Å². The van der Waals surface area contributed by atoms with E-state index in [1.807, 2.05) is 60.8 Å². The molecule has 0 bridgehead atoms. The quantitative estimate of drug-likeness (QED) is 0.493. The molecule has 0 fully saturated rings. The number of nitrogens with one attached hydrogen (secondary N) is 1. The molecule has 0 aliphatic heterocycles. The molecule has 7 heteroatoms. The van der Waals surface area contributed by atoms with E-state index in [1.165, 1.54) is 0 Å². The number of amides is 1. The summed E-state index contributed by atoms with van der Waals surface area (Å²) in [5, 5.41) is 4.97. The second-order valence-corrected chi connectivity index (χ2v) is 8.57. The van der Waals surface area contributed by atoms with Gasteiger partial charge < -0.3 is 14.8 Å². The van der Waals surface area contributed by atoms with Gasteiger partial charge in [0.15, 0.2) is 0 Å². The summed E-state index contributed by atoms with van der Waals surface area (Å²) in [5.41, 5.74) is 2.97. The monoisotopic (exact) mass is 428 g/mol. The van der Waals surface area contributed by atoms with Crippen molar-refractivity contribution >= 4 is 29.0 Å². The molecular weight excluding hydrogens is 404 g/mol. The first-order valence-electron chi connectivity index (χ1n) is 9.21. The number of hydrogen-bond acceptors (Lipinski definition) is 6. The van der Waals surface area contributed by atoms with Crippen molar-refractivity contribution in [3.05, 3.63) is 70.7 Å². The van der Waals surface area contributed by atoms with Gasteiger partial charge in [-0.25, -0.2) is 4.98 Å². The molecule has 0 saturated heterocycles. The van der Waals surface area contributed by atoms with Crippen molar-refractivity contribution in [3.63, 3.8) is 0 Å². The summed E-state index contributed by atoms with van der Waals surface area (Å²) in [7, 11) is 3.28. The van der Waals surface area contributed by atoms with Gasteiger partial charge in [0.2, 0.25) is 5.91 Å². The average molecular weight is 429 g/mol. The minimum atomic E-state index is -0.0285. The molecule has 5 nitrogen and oxygen atoms in total. The second-order valence-electron chi connectivity index (χ2n) is 6.49. The third-order valence-electron chi connectivity index (χ3n) is 4.32. The van der Waals surface area contributed by atoms with Gasteiger partial charge in [0, 0.05) is 17.2 Å². The lowest BCUT2D eigenvalue weighted by Crippen LogP contribution is -2.28. The number of carbonyl (C=O) groups excluding carboxylic acids is 1. The van der Waals surface area contributed by atoms with Crippen LogP contribution in [0.15, 0.2) is 58.3 Å². The Kier molecular flexibility index (Phi) is 7.55. The third kappa shape index (κ3) is 6.24. The fourth-order valence-electron chi connectivity index (χ4n) is 2.81. The molecule has 0 spiro atoms. The zero-order valence-corrected chi connectivity index (χ0v) is 18.3. The van der Waals surface area contributed by atoms with Crippen molar-refractivity contribution in [2.45, 2.75) is 29.5 Å². The SMILES string of the molecule is COc1cc(CSc2nc(CC(=O)N[C@H](C)c3ccccc3)cs2)cc(OC)c1. The Morgan fingerprint density at radius 3 is 2.48 bits per heavy atom. The first-order chi connectivity index (χ1) is 14.1. The minimum Gasteiger partial charge on any atom is -0.497 e. The molecule has 1 N–H and O–H groups in total. The zero-order valence-electron chi connectivity index (χ0n) is 16.7. The Morgan fingerprint density at radius 2 is 1.83 bits per heavy atom. The summed E-state index contributed by atoms with van der Waals surface area (Å²) in [5.74, 6) is 2.26. The molecule has 3 aromatic rings. The highest BCUT2D eigenvalue weighted by Crippen LogP contribution is 2.30. The van der Waals surface area contributed by atoms with Gasteiger partial charge in [0.05, 0.1) is 32.4 Å². The molecule has 2 aromatic carbocycles. The van der Waals surface area contributed by atoms with Crippen molar-refractivity contribution < 1.29 is 14.3 Å². The van der Waals surface area contributed by atoms with Crippen molar-refractivity contribution in [2.24, 2.45) is 0 Å². The average Bonchev–Trinajstić information content (AvgIpc) is 3.19. The summed E-state index contributed by atoms with van der Waals surface area (Å²) >= 11 is 3.19. The van der Waals surface area contributed by atoms with E-state index in [2.05, 4.69) is 10.3 Å². The first kappa shape index (κ1) is 21.2. The highest BCUT2D eigenvalue weighted by atomic mass is 32.2. The predicted octanol–water partition coefficient (Wildman–Crippen LogP) is 4.87. The van der Waals surface area contributed by atoms with Gasteiger partial charge in [-0.1, -0.05) is 42.1 Å². The fourth-order valence-corrected chi connectivity index (χ4v) is 4.59. The van der Waals surface area contributed by atoms with Crippen molar-refractivity contribution in [3.8, 4) is 11.5 Å². The van der Waals surface area contributed by atoms with Crippen LogP contribution < -0.4 is 14.8 Å². The topological polar surface area (TPSA) is 60.5 Å². The Hall–Kier alpha value is -2.51. The van der Waals surface area contributed by atoms with Crippen LogP contribution in [0.4, 0.5) is 0 Å². The normalized spacial score (nSPS) is 11.7. The predicted molar refractivity (Wildman–Crippen MR) is 118 cm³/mol. The molecule has 1 aromatic heterocycles. The zero-order chi connectivity index (χ0) is 20.6. The number of carbonyl (C=O) groups is 1. The molecule has 0 saturated carbocycles. The van der Waals surface area contributed by atoms with Gasteiger partial charge in [0.25, 0.3) is 0 Å². The summed E-state index contributed by atoms with van der Waals surface area (Å²) in [6.45, 7) is 1.98. The third-order valence-corrected chi connectivity index (χ3v) is 6.46. The number of aromatic nitrogens is 1. The Bertz CT molecular complexity index is 922. The van der Waals surface area contributed by atoms with Gasteiger partial charge in [0.1, 0.15) is 15.8 Å². The standard InChI is InChI=1S/C22H24N2O3S2/c1-15(17-7-5-4-6-8-17)23-21(25)11-18-14-29-22(24-18)28-13-16-9-19(26-2)12-20(10-16)27-3/h4-10,12,14-15H,11,13H2,1-3H3,(H,23,25)/t15-/m1/s1. The number of thioether (sulfide) groups is 1. The molecule has 0 unspecified atom stereocenters. The molecule has 29 heavy (non-hydrogen) atoms. The lowest BCUT2D eigenvalue weighted by Gasteiger charge is -2.13. The molecule has 0 radical (unpaired) electrons. The van der Waals surface area contributed by atoms with Crippen LogP contribution in [0.25, 0.3) is 0 Å². The number of benzene rings is 2. The minimum absolute atomic E-state index is 0.0271. The van der Waals surface area contributed by atoms with Crippen LogP contribution in [0, 0.1) is 0 Å². The van der Waals surface area contributed by atoms with Crippen LogP contribution in [-0.2, 0) is 17.0 Å². The molecular formula is C22H24N2O3S2. The summed E-state index contributed by atoms with van der Waals surface area (Å²) < 4.78 is 11.6. The number of rotatable bonds is 9. The van der Waals surface area contributed by atoms with E-state index in [-0.39, 0.29) is 18.4 Å². The molecule has 152 valence electrons. The molecule has 1 atom stereocenters. The Labute approximate surface area is 179 Å². The highest BCUT2D eigenvalue weighted by Gasteiger charge is 2.12. The molecule has 0 aliphatic carbocycles. The van der Waals surface area contributed by atoms with Crippen molar-refractivity contribution in [2.75, 3.05) is 14.2 Å². The molecule has 3 rings (SSSR count). The van der Waals surface area contributed by atoms with Crippen LogP contribution in [-0.4, -0.2) is 25.1 Å². The van der Waals surface area contributed by atoms with E-state index in [9.17, 15) is 4.79 Å². The Balaban J connectivity index is 1.53. The summed E-state index contributed by atoms with van der Waals surface area (Å²) in [6, 6.07) is 15.7. The van der Waals surface area contributed by atoms with E-state index >= 15 is 0 Å². The molecule has 1 heterocycles. The van der Waals surface area contributed by atoms with Crippen LogP contribution in [0.5, 0.6) is 11.5 Å². The maximum absolute atomic E-state index is 12.3. The Morgan fingerprint density at radius 1 is 1.14 bits per heavy atom. The smallest absolute Gasteiger partial charge is 0.226 e. The summed E-state index contributed by atoms with van der Waals surface area (Å²) in [6.07, 6.45) is 0.279.